The topological polar surface area (TPSA) is 25.2 Å². The fourth-order valence-corrected chi connectivity index (χ4v) is 6.35. The van der Waals surface area contributed by atoms with Gasteiger partial charge < -0.3 is 9.73 Å². The minimum Gasteiger partial charge on any atom is -0.456 e. The van der Waals surface area contributed by atoms with Crippen molar-refractivity contribution < 1.29 is 4.42 Å². The minimum absolute atomic E-state index is 0.268. The Balaban J connectivity index is 1.33. The van der Waals surface area contributed by atoms with E-state index in [-0.39, 0.29) is 5.41 Å². The van der Waals surface area contributed by atoms with E-state index in [0.717, 1.165) is 36.5 Å². The molecule has 1 N–H and O–H groups in total. The van der Waals surface area contributed by atoms with Crippen molar-refractivity contribution in [2.24, 2.45) is 17.3 Å². The molecule has 148 valence electrons. The maximum Gasteiger partial charge on any atom is 0.137 e. The van der Waals surface area contributed by atoms with Crippen molar-refractivity contribution in [3.8, 4) is 0 Å². The molecular formula is C27H29NO. The molecule has 2 nitrogen and oxygen atoms in total. The number of hydrogen-bond donors (Lipinski definition) is 1. The van der Waals surface area contributed by atoms with E-state index < -0.39 is 0 Å². The van der Waals surface area contributed by atoms with E-state index in [4.69, 9.17) is 4.42 Å². The number of aryl methyl sites for hydroxylation is 1. The van der Waals surface area contributed by atoms with Gasteiger partial charge in [0.25, 0.3) is 0 Å². The number of fused-ring (bicyclic) bond motifs is 5. The molecule has 4 aliphatic carbocycles. The van der Waals surface area contributed by atoms with Gasteiger partial charge in [-0.15, -0.1) is 0 Å². The molecule has 6 rings (SSSR count). The zero-order chi connectivity index (χ0) is 19.6. The molecule has 1 heterocycles. The first-order valence-corrected chi connectivity index (χ1v) is 11.2. The van der Waals surface area contributed by atoms with Crippen LogP contribution in [-0.2, 0) is 6.42 Å². The van der Waals surface area contributed by atoms with Gasteiger partial charge in [0.1, 0.15) is 11.3 Å². The van der Waals surface area contributed by atoms with Gasteiger partial charge in [0.05, 0.1) is 0 Å². The second-order valence-corrected chi connectivity index (χ2v) is 9.67. The molecule has 1 aromatic heterocycles. The van der Waals surface area contributed by atoms with Crippen LogP contribution >= 0.6 is 0 Å². The molecule has 0 saturated heterocycles. The van der Waals surface area contributed by atoms with Crippen LogP contribution in [0.3, 0.4) is 0 Å². The number of furan rings is 1. The number of allylic oxidation sites excluding steroid dienone is 7. The van der Waals surface area contributed by atoms with Crippen LogP contribution in [-0.4, -0.2) is 0 Å². The zero-order valence-electron chi connectivity index (χ0n) is 17.4. The van der Waals surface area contributed by atoms with E-state index in [1.54, 1.807) is 11.1 Å². The lowest BCUT2D eigenvalue weighted by Gasteiger charge is -2.36. The van der Waals surface area contributed by atoms with Gasteiger partial charge in [-0.3, -0.25) is 0 Å². The van der Waals surface area contributed by atoms with Gasteiger partial charge in [-0.1, -0.05) is 49.8 Å². The third kappa shape index (κ3) is 2.54. The van der Waals surface area contributed by atoms with Crippen LogP contribution < -0.4 is 5.32 Å². The van der Waals surface area contributed by atoms with Gasteiger partial charge in [-0.05, 0) is 79.6 Å². The SMILES string of the molecule is CC1(C)C2=C(CCC=C2)C2CC=C(Nc3cccc4oc5c(c34)CCC=C5)CC21. The fraction of sp³-hybridized carbons (Fsp3) is 0.407. The van der Waals surface area contributed by atoms with Crippen LogP contribution in [0.5, 0.6) is 0 Å². The van der Waals surface area contributed by atoms with Gasteiger partial charge in [-0.2, -0.15) is 0 Å². The number of nitrogens with one attached hydrogen (secondary N) is 1. The van der Waals surface area contributed by atoms with E-state index in [2.05, 4.69) is 67.7 Å². The molecular weight excluding hydrogens is 354 g/mol. The molecule has 2 aromatic rings. The number of rotatable bonds is 2. The van der Waals surface area contributed by atoms with Crippen molar-refractivity contribution in [1.82, 2.24) is 0 Å². The van der Waals surface area contributed by atoms with Gasteiger partial charge in [0.2, 0.25) is 0 Å². The molecule has 29 heavy (non-hydrogen) atoms. The van der Waals surface area contributed by atoms with Crippen molar-refractivity contribution in [2.75, 3.05) is 5.32 Å². The normalized spacial score (nSPS) is 26.9. The lowest BCUT2D eigenvalue weighted by Crippen LogP contribution is -2.29. The third-order valence-electron chi connectivity index (χ3n) is 7.79. The first kappa shape index (κ1) is 17.4. The van der Waals surface area contributed by atoms with Gasteiger partial charge in [-0.25, -0.2) is 0 Å². The summed E-state index contributed by atoms with van der Waals surface area (Å²) in [4.78, 5) is 0. The lowest BCUT2D eigenvalue weighted by molar-refractivity contribution is 0.225. The van der Waals surface area contributed by atoms with Crippen LogP contribution in [0.15, 0.2) is 63.8 Å². The Hall–Kier alpha value is -2.48. The van der Waals surface area contributed by atoms with Crippen molar-refractivity contribution in [2.45, 2.75) is 52.4 Å². The summed E-state index contributed by atoms with van der Waals surface area (Å²) in [6.45, 7) is 4.93. The van der Waals surface area contributed by atoms with Gasteiger partial charge >= 0.3 is 0 Å². The summed E-state index contributed by atoms with van der Waals surface area (Å²) in [5.74, 6) is 2.47. The average Bonchev–Trinajstić information content (AvgIpc) is 3.23. The molecule has 1 aromatic carbocycles. The summed E-state index contributed by atoms with van der Waals surface area (Å²) in [6, 6.07) is 6.43. The maximum absolute atomic E-state index is 6.13. The molecule has 0 saturated carbocycles. The molecule has 2 atom stereocenters. The summed E-state index contributed by atoms with van der Waals surface area (Å²) in [7, 11) is 0. The standard InChI is InChI=1S/C27H29NO/c1-27(2)21-10-5-3-8-18(21)19-15-14-17(16-22(19)27)28-23-11-7-13-25-26(23)20-9-4-6-12-24(20)29-25/h5-7,10-14,19,22,28H,3-4,8-9,15-16H2,1-2H3. The van der Waals surface area contributed by atoms with Crippen LogP contribution in [0.2, 0.25) is 0 Å². The van der Waals surface area contributed by atoms with E-state index in [9.17, 15) is 0 Å². The second kappa shape index (κ2) is 6.26. The molecule has 4 aliphatic rings. The van der Waals surface area contributed by atoms with Gasteiger partial charge in [0, 0.05) is 22.3 Å². The monoisotopic (exact) mass is 383 g/mol. The Morgan fingerprint density at radius 1 is 1.07 bits per heavy atom. The average molecular weight is 384 g/mol. The summed E-state index contributed by atoms with van der Waals surface area (Å²) in [6.07, 6.45) is 18.6. The molecule has 0 amide bonds. The Labute approximate surface area is 173 Å². The maximum atomic E-state index is 6.13. The zero-order valence-corrected chi connectivity index (χ0v) is 17.4. The van der Waals surface area contributed by atoms with Crippen molar-refractivity contribution in [3.63, 3.8) is 0 Å². The first-order chi connectivity index (χ1) is 14.1. The Morgan fingerprint density at radius 2 is 1.93 bits per heavy atom. The Morgan fingerprint density at radius 3 is 2.86 bits per heavy atom. The van der Waals surface area contributed by atoms with Crippen LogP contribution in [0.4, 0.5) is 5.69 Å². The quantitative estimate of drug-likeness (QED) is 0.584. The highest BCUT2D eigenvalue weighted by Gasteiger charge is 2.48. The number of hydrogen-bond acceptors (Lipinski definition) is 2. The highest BCUT2D eigenvalue weighted by Crippen LogP contribution is 2.58. The highest BCUT2D eigenvalue weighted by molar-refractivity contribution is 5.96. The van der Waals surface area contributed by atoms with E-state index in [0.29, 0.717) is 5.92 Å². The minimum atomic E-state index is 0.268. The molecule has 0 radical (unpaired) electrons. The van der Waals surface area contributed by atoms with E-state index in [1.807, 2.05) is 0 Å². The molecule has 0 spiro atoms. The molecule has 2 heteroatoms. The van der Waals surface area contributed by atoms with Crippen molar-refractivity contribution in [1.29, 1.82) is 0 Å². The smallest absolute Gasteiger partial charge is 0.137 e. The number of anilines is 1. The molecule has 0 fully saturated rings. The fourth-order valence-electron chi connectivity index (χ4n) is 6.35. The summed E-state index contributed by atoms with van der Waals surface area (Å²) < 4.78 is 6.13. The predicted octanol–water partition coefficient (Wildman–Crippen LogP) is 7.40. The van der Waals surface area contributed by atoms with E-state index >= 15 is 0 Å². The van der Waals surface area contributed by atoms with E-state index in [1.165, 1.54) is 41.6 Å². The summed E-state index contributed by atoms with van der Waals surface area (Å²) >= 11 is 0. The first-order valence-electron chi connectivity index (χ1n) is 11.2. The second-order valence-electron chi connectivity index (χ2n) is 9.67. The largest absolute Gasteiger partial charge is 0.456 e. The summed E-state index contributed by atoms with van der Waals surface area (Å²) in [5.41, 5.74) is 8.61. The van der Waals surface area contributed by atoms with Gasteiger partial charge in [0.15, 0.2) is 0 Å². The Bertz CT molecular complexity index is 1120. The molecule has 0 aliphatic heterocycles. The Kier molecular flexibility index (Phi) is 3.75. The predicted molar refractivity (Wildman–Crippen MR) is 121 cm³/mol. The molecule has 2 unspecified atom stereocenters. The third-order valence-corrected chi connectivity index (χ3v) is 7.79. The van der Waals surface area contributed by atoms with Crippen molar-refractivity contribution >= 4 is 22.7 Å². The highest BCUT2D eigenvalue weighted by atomic mass is 16.3. The van der Waals surface area contributed by atoms with Crippen molar-refractivity contribution in [3.05, 3.63) is 70.7 Å². The summed E-state index contributed by atoms with van der Waals surface area (Å²) in [5, 5.41) is 5.11. The van der Waals surface area contributed by atoms with Crippen LogP contribution in [0, 0.1) is 17.3 Å². The van der Waals surface area contributed by atoms with Crippen LogP contribution in [0.1, 0.15) is 57.3 Å². The van der Waals surface area contributed by atoms with Crippen LogP contribution in [0.25, 0.3) is 17.0 Å². The number of benzene rings is 1. The molecule has 0 bridgehead atoms. The lowest BCUT2D eigenvalue weighted by atomic mass is 9.69.